The molecule has 0 aliphatic carbocycles. The van der Waals surface area contributed by atoms with Crippen LogP contribution in [0.5, 0.6) is 0 Å². The number of benzene rings is 1. The molecule has 3 nitrogen and oxygen atoms in total. The van der Waals surface area contributed by atoms with Crippen LogP contribution in [0.4, 0.5) is 17.6 Å². The third-order valence-corrected chi connectivity index (χ3v) is 5.29. The van der Waals surface area contributed by atoms with Gasteiger partial charge in [-0.15, -0.1) is 0 Å². The number of piperidine rings is 1. The zero-order valence-corrected chi connectivity index (χ0v) is 13.5. The molecule has 2 aliphatic heterocycles. The van der Waals surface area contributed by atoms with E-state index in [0.29, 0.717) is 19.2 Å². The second kappa shape index (κ2) is 6.02. The van der Waals surface area contributed by atoms with E-state index in [1.807, 2.05) is 0 Å². The summed E-state index contributed by atoms with van der Waals surface area (Å²) in [5.74, 6) is -1.80. The zero-order chi connectivity index (χ0) is 17.5. The number of hydrogen-bond acceptors (Lipinski definition) is 2. The molecule has 2 aliphatic rings. The van der Waals surface area contributed by atoms with Crippen LogP contribution in [0, 0.1) is 11.2 Å². The molecule has 0 aromatic heterocycles. The molecule has 7 heteroatoms. The highest BCUT2D eigenvalue weighted by Gasteiger charge is 2.42. The van der Waals surface area contributed by atoms with Gasteiger partial charge in [-0.1, -0.05) is 0 Å². The Morgan fingerprint density at radius 1 is 1.12 bits per heavy atom. The molecule has 1 amide bonds. The predicted molar refractivity (Wildman–Crippen MR) is 81.1 cm³/mol. The van der Waals surface area contributed by atoms with Gasteiger partial charge in [0.25, 0.3) is 5.91 Å². The smallest absolute Gasteiger partial charge is 0.338 e. The minimum atomic E-state index is -4.81. The van der Waals surface area contributed by atoms with Gasteiger partial charge in [0.2, 0.25) is 0 Å². The molecule has 0 atom stereocenters. The van der Waals surface area contributed by atoms with E-state index in [9.17, 15) is 22.4 Å². The van der Waals surface area contributed by atoms with Crippen LogP contribution in [0.2, 0.25) is 0 Å². The molecular weight excluding hydrogens is 324 g/mol. The average molecular weight is 344 g/mol. The monoisotopic (exact) mass is 344 g/mol. The summed E-state index contributed by atoms with van der Waals surface area (Å²) < 4.78 is 51.8. The summed E-state index contributed by atoms with van der Waals surface area (Å²) in [6.07, 6.45) is -1.95. The van der Waals surface area contributed by atoms with Crippen molar-refractivity contribution >= 4 is 5.91 Å². The van der Waals surface area contributed by atoms with Gasteiger partial charge in [-0.2, -0.15) is 13.2 Å². The maximum absolute atomic E-state index is 13.4. The lowest BCUT2D eigenvalue weighted by atomic mass is 9.78. The Labute approximate surface area is 138 Å². The standard InChI is InChI=1S/C17H20F4N2O/c1-22-7-4-16(5-8-22)6-9-23(11-16)15(24)12-2-3-14(18)13(10-12)17(19,20)21/h2-3,10H,4-9,11H2,1H3. The third kappa shape index (κ3) is 3.27. The van der Waals surface area contributed by atoms with Crippen molar-refractivity contribution in [2.45, 2.75) is 25.4 Å². The van der Waals surface area contributed by atoms with Gasteiger partial charge in [0.05, 0.1) is 5.56 Å². The fourth-order valence-electron chi connectivity index (χ4n) is 3.67. The van der Waals surface area contributed by atoms with Crippen LogP contribution in [0.3, 0.4) is 0 Å². The number of alkyl halides is 3. The first-order chi connectivity index (χ1) is 11.2. The average Bonchev–Trinajstić information content (AvgIpc) is 2.93. The van der Waals surface area contributed by atoms with E-state index in [2.05, 4.69) is 11.9 Å². The van der Waals surface area contributed by atoms with Crippen molar-refractivity contribution in [1.82, 2.24) is 9.80 Å². The highest BCUT2D eigenvalue weighted by molar-refractivity contribution is 5.94. The van der Waals surface area contributed by atoms with Gasteiger partial charge in [0.15, 0.2) is 0 Å². The maximum Gasteiger partial charge on any atom is 0.419 e. The molecule has 1 spiro atoms. The van der Waals surface area contributed by atoms with Crippen molar-refractivity contribution in [2.75, 3.05) is 33.2 Å². The fraction of sp³-hybridized carbons (Fsp3) is 0.588. The Bertz CT molecular complexity index is 636. The van der Waals surface area contributed by atoms with Crippen LogP contribution < -0.4 is 0 Å². The van der Waals surface area contributed by atoms with Crippen LogP contribution in [0.15, 0.2) is 18.2 Å². The topological polar surface area (TPSA) is 23.6 Å². The number of rotatable bonds is 1. The highest BCUT2D eigenvalue weighted by Crippen LogP contribution is 2.40. The van der Waals surface area contributed by atoms with Crippen molar-refractivity contribution in [2.24, 2.45) is 5.41 Å². The Balaban J connectivity index is 1.76. The van der Waals surface area contributed by atoms with Gasteiger partial charge in [-0.3, -0.25) is 4.79 Å². The van der Waals surface area contributed by atoms with Crippen LogP contribution >= 0.6 is 0 Å². The summed E-state index contributed by atoms with van der Waals surface area (Å²) in [5.41, 5.74) is -1.41. The number of hydrogen-bond donors (Lipinski definition) is 0. The first-order valence-electron chi connectivity index (χ1n) is 8.05. The van der Waals surface area contributed by atoms with E-state index in [4.69, 9.17) is 0 Å². The van der Waals surface area contributed by atoms with Gasteiger partial charge >= 0.3 is 6.18 Å². The van der Waals surface area contributed by atoms with Gasteiger partial charge in [-0.25, -0.2) is 4.39 Å². The van der Waals surface area contributed by atoms with Gasteiger partial charge < -0.3 is 9.80 Å². The summed E-state index contributed by atoms with van der Waals surface area (Å²) in [7, 11) is 2.06. The Morgan fingerprint density at radius 3 is 2.38 bits per heavy atom. The summed E-state index contributed by atoms with van der Waals surface area (Å²) >= 11 is 0. The fourth-order valence-corrected chi connectivity index (χ4v) is 3.67. The number of amides is 1. The van der Waals surface area contributed by atoms with Crippen molar-refractivity contribution in [3.8, 4) is 0 Å². The van der Waals surface area contributed by atoms with Gasteiger partial charge in [-0.05, 0) is 63.0 Å². The Morgan fingerprint density at radius 2 is 1.75 bits per heavy atom. The normalized spacial score (nSPS) is 21.5. The number of nitrogens with zero attached hydrogens (tertiary/aromatic N) is 2. The minimum absolute atomic E-state index is 0.0784. The molecule has 0 bridgehead atoms. The van der Waals surface area contributed by atoms with E-state index < -0.39 is 23.5 Å². The van der Waals surface area contributed by atoms with Crippen molar-refractivity contribution in [1.29, 1.82) is 0 Å². The first-order valence-corrected chi connectivity index (χ1v) is 8.05. The van der Waals surface area contributed by atoms with E-state index >= 15 is 0 Å². The molecule has 2 heterocycles. The van der Waals surface area contributed by atoms with E-state index in [-0.39, 0.29) is 11.0 Å². The highest BCUT2D eigenvalue weighted by atomic mass is 19.4. The van der Waals surface area contributed by atoms with Crippen molar-refractivity contribution < 1.29 is 22.4 Å². The molecule has 24 heavy (non-hydrogen) atoms. The zero-order valence-electron chi connectivity index (χ0n) is 13.5. The first kappa shape index (κ1) is 17.2. The number of likely N-dealkylation sites (tertiary alicyclic amines) is 2. The van der Waals surface area contributed by atoms with Crippen molar-refractivity contribution in [3.05, 3.63) is 35.1 Å². The maximum atomic E-state index is 13.4. The second-order valence-corrected chi connectivity index (χ2v) is 6.97. The lowest BCUT2D eigenvalue weighted by Crippen LogP contribution is -2.40. The number of carbonyl (C=O) groups is 1. The molecular formula is C17H20F4N2O. The lowest BCUT2D eigenvalue weighted by molar-refractivity contribution is -0.140. The molecule has 132 valence electrons. The summed E-state index contributed by atoms with van der Waals surface area (Å²) in [6.45, 7) is 3.05. The molecule has 0 radical (unpaired) electrons. The van der Waals surface area contributed by atoms with E-state index in [1.165, 1.54) is 0 Å². The van der Waals surface area contributed by atoms with E-state index in [0.717, 1.165) is 44.5 Å². The van der Waals surface area contributed by atoms with E-state index in [1.54, 1.807) is 4.90 Å². The molecule has 0 N–H and O–H groups in total. The van der Waals surface area contributed by atoms with Gasteiger partial charge in [0.1, 0.15) is 5.82 Å². The summed E-state index contributed by atoms with van der Waals surface area (Å²) in [4.78, 5) is 16.4. The quantitative estimate of drug-likeness (QED) is 0.729. The third-order valence-electron chi connectivity index (χ3n) is 5.29. The molecule has 2 saturated heterocycles. The Kier molecular flexibility index (Phi) is 4.32. The molecule has 0 saturated carbocycles. The Hall–Kier alpha value is -1.63. The summed E-state index contributed by atoms with van der Waals surface area (Å²) in [6, 6.07) is 2.47. The summed E-state index contributed by atoms with van der Waals surface area (Å²) in [5, 5.41) is 0. The molecule has 3 rings (SSSR count). The molecule has 1 aromatic rings. The number of halogens is 4. The SMILES string of the molecule is CN1CCC2(CC1)CCN(C(=O)c1ccc(F)c(C(F)(F)F)c1)C2. The van der Waals surface area contributed by atoms with Crippen molar-refractivity contribution in [3.63, 3.8) is 0 Å². The molecule has 1 aromatic carbocycles. The van der Waals surface area contributed by atoms with Crippen LogP contribution in [0.25, 0.3) is 0 Å². The van der Waals surface area contributed by atoms with Crippen LogP contribution in [0.1, 0.15) is 35.2 Å². The minimum Gasteiger partial charge on any atom is -0.338 e. The predicted octanol–water partition coefficient (Wildman–Crippen LogP) is 3.40. The molecule has 2 fully saturated rings. The molecule has 0 unspecified atom stereocenters. The van der Waals surface area contributed by atoms with Crippen LogP contribution in [-0.4, -0.2) is 48.9 Å². The largest absolute Gasteiger partial charge is 0.419 e. The lowest BCUT2D eigenvalue weighted by Gasteiger charge is -2.37. The van der Waals surface area contributed by atoms with Crippen LogP contribution in [-0.2, 0) is 6.18 Å². The second-order valence-electron chi connectivity index (χ2n) is 6.97. The van der Waals surface area contributed by atoms with Gasteiger partial charge in [0, 0.05) is 18.7 Å². The number of carbonyl (C=O) groups excluding carboxylic acids is 1.